The molecule has 0 radical (unpaired) electrons. The molecule has 1 aliphatic rings. The lowest BCUT2D eigenvalue weighted by Crippen LogP contribution is -2.27. The van der Waals surface area contributed by atoms with Gasteiger partial charge in [-0.05, 0) is 31.4 Å². The second kappa shape index (κ2) is 4.74. The van der Waals surface area contributed by atoms with Crippen molar-refractivity contribution in [2.24, 2.45) is 5.73 Å². The molecule has 16 heavy (non-hydrogen) atoms. The number of nitrogens with zero attached hydrogens (tertiary/aromatic N) is 1. The van der Waals surface area contributed by atoms with Crippen molar-refractivity contribution in [1.29, 1.82) is 0 Å². The van der Waals surface area contributed by atoms with Crippen molar-refractivity contribution in [3.05, 3.63) is 23.8 Å². The third kappa shape index (κ3) is 2.00. The highest BCUT2D eigenvalue weighted by molar-refractivity contribution is 5.58. The maximum absolute atomic E-state index is 5.79. The molecule has 1 saturated heterocycles. The molecule has 3 nitrogen and oxygen atoms in total. The van der Waals surface area contributed by atoms with Crippen molar-refractivity contribution in [3.63, 3.8) is 0 Å². The Morgan fingerprint density at radius 3 is 2.88 bits per heavy atom. The molecule has 1 aromatic rings. The molecule has 1 atom stereocenters. The van der Waals surface area contributed by atoms with E-state index in [1.165, 1.54) is 24.1 Å². The average molecular weight is 220 g/mol. The number of hydrogen-bond donors (Lipinski definition) is 1. The van der Waals surface area contributed by atoms with Crippen LogP contribution in [0.3, 0.4) is 0 Å². The molecule has 1 fully saturated rings. The van der Waals surface area contributed by atoms with Gasteiger partial charge in [0.1, 0.15) is 5.75 Å². The summed E-state index contributed by atoms with van der Waals surface area (Å²) in [5.74, 6) is 0.909. The summed E-state index contributed by atoms with van der Waals surface area (Å²) in [7, 11) is 1.70. The van der Waals surface area contributed by atoms with Crippen LogP contribution in [0.25, 0.3) is 0 Å². The van der Waals surface area contributed by atoms with Gasteiger partial charge in [0.25, 0.3) is 0 Å². The van der Waals surface area contributed by atoms with Gasteiger partial charge >= 0.3 is 0 Å². The number of ether oxygens (including phenoxy) is 1. The minimum atomic E-state index is 0.586. The van der Waals surface area contributed by atoms with Crippen LogP contribution >= 0.6 is 0 Å². The molecular weight excluding hydrogens is 200 g/mol. The van der Waals surface area contributed by atoms with E-state index in [0.29, 0.717) is 12.6 Å². The number of methoxy groups -OCH3 is 1. The molecule has 0 aliphatic carbocycles. The molecule has 0 spiro atoms. The molecule has 0 saturated carbocycles. The van der Waals surface area contributed by atoms with Crippen LogP contribution in [-0.2, 0) is 6.54 Å². The van der Waals surface area contributed by atoms with Crippen molar-refractivity contribution in [2.45, 2.75) is 32.4 Å². The number of rotatable bonds is 3. The number of benzene rings is 1. The summed E-state index contributed by atoms with van der Waals surface area (Å²) in [4.78, 5) is 2.44. The van der Waals surface area contributed by atoms with Gasteiger partial charge in [0.2, 0.25) is 0 Å². The SMILES string of the molecule is COc1ccc(CN)c(N2CCCC2C)c1. The summed E-state index contributed by atoms with van der Waals surface area (Å²) in [6.45, 7) is 3.98. The summed E-state index contributed by atoms with van der Waals surface area (Å²) in [5.41, 5.74) is 8.23. The quantitative estimate of drug-likeness (QED) is 0.848. The lowest BCUT2D eigenvalue weighted by molar-refractivity contribution is 0.414. The highest BCUT2D eigenvalue weighted by Crippen LogP contribution is 2.31. The Bertz CT molecular complexity index is 365. The van der Waals surface area contributed by atoms with E-state index in [2.05, 4.69) is 24.0 Å². The average Bonchev–Trinajstić information content (AvgIpc) is 2.74. The zero-order valence-corrected chi connectivity index (χ0v) is 10.1. The minimum absolute atomic E-state index is 0.586. The molecule has 88 valence electrons. The summed E-state index contributed by atoms with van der Waals surface area (Å²) >= 11 is 0. The van der Waals surface area contributed by atoms with Gasteiger partial charge in [0, 0.05) is 30.9 Å². The van der Waals surface area contributed by atoms with E-state index >= 15 is 0 Å². The van der Waals surface area contributed by atoms with Gasteiger partial charge in [0.05, 0.1) is 7.11 Å². The van der Waals surface area contributed by atoms with Crippen molar-refractivity contribution in [1.82, 2.24) is 0 Å². The van der Waals surface area contributed by atoms with Gasteiger partial charge in [-0.2, -0.15) is 0 Å². The largest absolute Gasteiger partial charge is 0.497 e. The maximum atomic E-state index is 5.79. The van der Waals surface area contributed by atoms with E-state index in [9.17, 15) is 0 Å². The van der Waals surface area contributed by atoms with E-state index in [1.54, 1.807) is 7.11 Å². The van der Waals surface area contributed by atoms with Crippen LogP contribution < -0.4 is 15.4 Å². The molecule has 1 heterocycles. The van der Waals surface area contributed by atoms with Gasteiger partial charge in [-0.3, -0.25) is 0 Å². The standard InChI is InChI=1S/C13H20N2O/c1-10-4-3-7-15(10)13-8-12(16-2)6-5-11(13)9-14/h5-6,8,10H,3-4,7,9,14H2,1-2H3. The summed E-state index contributed by atoms with van der Waals surface area (Å²) in [5, 5.41) is 0. The topological polar surface area (TPSA) is 38.5 Å². The molecule has 1 aliphatic heterocycles. The monoisotopic (exact) mass is 220 g/mol. The lowest BCUT2D eigenvalue weighted by atomic mass is 10.1. The summed E-state index contributed by atoms with van der Waals surface area (Å²) in [6, 6.07) is 6.76. The van der Waals surface area contributed by atoms with Crippen molar-refractivity contribution >= 4 is 5.69 Å². The van der Waals surface area contributed by atoms with Gasteiger partial charge in [-0.25, -0.2) is 0 Å². The Morgan fingerprint density at radius 1 is 1.50 bits per heavy atom. The van der Waals surface area contributed by atoms with Crippen LogP contribution in [0.2, 0.25) is 0 Å². The first-order chi connectivity index (χ1) is 7.76. The Labute approximate surface area is 97.2 Å². The number of hydrogen-bond acceptors (Lipinski definition) is 3. The first-order valence-electron chi connectivity index (χ1n) is 5.90. The number of anilines is 1. The van der Waals surface area contributed by atoms with Gasteiger partial charge in [0.15, 0.2) is 0 Å². The third-order valence-electron chi connectivity index (χ3n) is 3.37. The zero-order chi connectivity index (χ0) is 11.5. The molecular formula is C13H20N2O. The smallest absolute Gasteiger partial charge is 0.120 e. The molecule has 0 amide bonds. The predicted molar refractivity (Wildman–Crippen MR) is 66.9 cm³/mol. The van der Waals surface area contributed by atoms with E-state index in [4.69, 9.17) is 10.5 Å². The van der Waals surface area contributed by atoms with Crippen LogP contribution in [-0.4, -0.2) is 19.7 Å². The van der Waals surface area contributed by atoms with Crippen LogP contribution in [0.15, 0.2) is 18.2 Å². The fourth-order valence-electron chi connectivity index (χ4n) is 2.40. The highest BCUT2D eigenvalue weighted by Gasteiger charge is 2.22. The first kappa shape index (κ1) is 11.3. The molecule has 2 rings (SSSR count). The van der Waals surface area contributed by atoms with Crippen LogP contribution in [0.4, 0.5) is 5.69 Å². The van der Waals surface area contributed by atoms with Crippen molar-refractivity contribution in [3.8, 4) is 5.75 Å². The van der Waals surface area contributed by atoms with Crippen LogP contribution in [0.5, 0.6) is 5.75 Å². The van der Waals surface area contributed by atoms with E-state index in [0.717, 1.165) is 12.3 Å². The zero-order valence-electron chi connectivity index (χ0n) is 10.1. The molecule has 1 unspecified atom stereocenters. The Kier molecular flexibility index (Phi) is 3.34. The second-order valence-electron chi connectivity index (χ2n) is 4.38. The molecule has 3 heteroatoms. The lowest BCUT2D eigenvalue weighted by Gasteiger charge is -2.26. The van der Waals surface area contributed by atoms with Crippen LogP contribution in [0.1, 0.15) is 25.3 Å². The highest BCUT2D eigenvalue weighted by atomic mass is 16.5. The predicted octanol–water partition coefficient (Wildman–Crippen LogP) is 2.14. The molecule has 1 aromatic carbocycles. The second-order valence-corrected chi connectivity index (χ2v) is 4.38. The molecule has 0 aromatic heterocycles. The van der Waals surface area contributed by atoms with Gasteiger partial charge in [-0.15, -0.1) is 0 Å². The summed E-state index contributed by atoms with van der Waals surface area (Å²) in [6.07, 6.45) is 2.53. The van der Waals surface area contributed by atoms with Crippen LogP contribution in [0, 0.1) is 0 Å². The molecule has 2 N–H and O–H groups in total. The first-order valence-corrected chi connectivity index (χ1v) is 5.90. The van der Waals surface area contributed by atoms with Gasteiger partial charge in [-0.1, -0.05) is 6.07 Å². The van der Waals surface area contributed by atoms with E-state index < -0.39 is 0 Å². The number of nitrogens with two attached hydrogens (primary N) is 1. The Morgan fingerprint density at radius 2 is 2.31 bits per heavy atom. The molecule has 0 bridgehead atoms. The Hall–Kier alpha value is -1.22. The van der Waals surface area contributed by atoms with Crippen molar-refractivity contribution < 1.29 is 4.74 Å². The fourth-order valence-corrected chi connectivity index (χ4v) is 2.40. The van der Waals surface area contributed by atoms with Gasteiger partial charge < -0.3 is 15.4 Å². The van der Waals surface area contributed by atoms with Crippen molar-refractivity contribution in [2.75, 3.05) is 18.6 Å². The third-order valence-corrected chi connectivity index (χ3v) is 3.37. The van der Waals surface area contributed by atoms with E-state index in [1.807, 2.05) is 6.07 Å². The Balaban J connectivity index is 2.36. The fraction of sp³-hybridized carbons (Fsp3) is 0.538. The summed E-state index contributed by atoms with van der Waals surface area (Å²) < 4.78 is 5.28. The maximum Gasteiger partial charge on any atom is 0.120 e. The minimum Gasteiger partial charge on any atom is -0.497 e. The normalized spacial score (nSPS) is 20.2. The van der Waals surface area contributed by atoms with E-state index in [-0.39, 0.29) is 0 Å².